The van der Waals surface area contributed by atoms with Gasteiger partial charge in [0.1, 0.15) is 11.5 Å². The van der Waals surface area contributed by atoms with E-state index in [1.165, 1.54) is 0 Å². The minimum atomic E-state index is -0.827. The van der Waals surface area contributed by atoms with E-state index < -0.39 is 5.97 Å². The molecule has 3 nitrogen and oxygen atoms in total. The van der Waals surface area contributed by atoms with Gasteiger partial charge in [0.2, 0.25) is 0 Å². The molecule has 0 saturated heterocycles. The molecule has 2 rings (SSSR count). The van der Waals surface area contributed by atoms with Crippen LogP contribution in [0.3, 0.4) is 0 Å². The van der Waals surface area contributed by atoms with Crippen LogP contribution in [-0.4, -0.2) is 11.1 Å². The quantitative estimate of drug-likeness (QED) is 0.887. The summed E-state index contributed by atoms with van der Waals surface area (Å²) in [5.41, 5.74) is 1.76. The van der Waals surface area contributed by atoms with Crippen LogP contribution in [0.2, 0.25) is 0 Å². The fraction of sp³-hybridized carbons (Fsp3) is 0.188. The van der Waals surface area contributed by atoms with Crippen molar-refractivity contribution in [2.24, 2.45) is 0 Å². The van der Waals surface area contributed by atoms with E-state index in [1.807, 2.05) is 55.5 Å². The second-order valence-corrected chi connectivity index (χ2v) is 4.23. The molecular weight excluding hydrogens is 240 g/mol. The molecule has 0 unspecified atom stereocenters. The van der Waals surface area contributed by atoms with Crippen molar-refractivity contribution < 1.29 is 14.6 Å². The Kier molecular flexibility index (Phi) is 4.18. The largest absolute Gasteiger partial charge is 0.481 e. The van der Waals surface area contributed by atoms with Crippen LogP contribution in [0.15, 0.2) is 48.5 Å². The molecule has 3 heteroatoms. The smallest absolute Gasteiger partial charge is 0.307 e. The van der Waals surface area contributed by atoms with Gasteiger partial charge in [-0.25, -0.2) is 0 Å². The minimum absolute atomic E-state index is 0.0230. The molecule has 0 aliphatic carbocycles. The van der Waals surface area contributed by atoms with Gasteiger partial charge in [0.25, 0.3) is 0 Å². The Balaban J connectivity index is 2.32. The van der Waals surface area contributed by atoms with E-state index in [1.54, 1.807) is 0 Å². The van der Waals surface area contributed by atoms with Crippen LogP contribution in [-0.2, 0) is 17.6 Å². The van der Waals surface area contributed by atoms with Gasteiger partial charge in [-0.05, 0) is 35.7 Å². The molecule has 0 spiro atoms. The molecule has 19 heavy (non-hydrogen) atoms. The summed E-state index contributed by atoms with van der Waals surface area (Å²) in [6.45, 7) is 2.00. The summed E-state index contributed by atoms with van der Waals surface area (Å²) in [5.74, 6) is 0.656. The number of carbonyl (C=O) groups is 1. The number of para-hydroxylation sites is 1. The van der Waals surface area contributed by atoms with E-state index in [4.69, 9.17) is 9.84 Å². The van der Waals surface area contributed by atoms with Gasteiger partial charge in [-0.3, -0.25) is 4.79 Å². The Labute approximate surface area is 112 Å². The van der Waals surface area contributed by atoms with Crippen molar-refractivity contribution in [1.82, 2.24) is 0 Å². The van der Waals surface area contributed by atoms with Crippen LogP contribution in [0.25, 0.3) is 0 Å². The van der Waals surface area contributed by atoms with Crippen molar-refractivity contribution in [1.29, 1.82) is 0 Å². The lowest BCUT2D eigenvalue weighted by Gasteiger charge is -2.13. The average Bonchev–Trinajstić information content (AvgIpc) is 2.39. The third-order valence-corrected chi connectivity index (χ3v) is 2.90. The van der Waals surface area contributed by atoms with Gasteiger partial charge in [-0.15, -0.1) is 0 Å². The second kappa shape index (κ2) is 6.05. The summed E-state index contributed by atoms with van der Waals surface area (Å²) in [6, 6.07) is 15.0. The first-order valence-electron chi connectivity index (χ1n) is 6.26. The molecule has 0 radical (unpaired) electrons. The van der Waals surface area contributed by atoms with E-state index in [2.05, 4.69) is 0 Å². The van der Waals surface area contributed by atoms with Gasteiger partial charge in [0.05, 0.1) is 6.42 Å². The average molecular weight is 256 g/mol. The molecule has 2 aromatic rings. The number of ether oxygens (including phenoxy) is 1. The number of benzene rings is 2. The molecule has 0 fully saturated rings. The van der Waals surface area contributed by atoms with Crippen LogP contribution in [0.1, 0.15) is 18.1 Å². The normalized spacial score (nSPS) is 10.2. The van der Waals surface area contributed by atoms with Gasteiger partial charge in [-0.2, -0.15) is 0 Å². The summed E-state index contributed by atoms with van der Waals surface area (Å²) in [6.07, 6.45) is 0.765. The third kappa shape index (κ3) is 3.35. The number of rotatable bonds is 5. The van der Waals surface area contributed by atoms with E-state index >= 15 is 0 Å². The molecule has 0 amide bonds. The van der Waals surface area contributed by atoms with Gasteiger partial charge in [0, 0.05) is 0 Å². The number of hydrogen-bond acceptors (Lipinski definition) is 2. The highest BCUT2D eigenvalue weighted by atomic mass is 16.5. The number of hydrogen-bond donors (Lipinski definition) is 1. The van der Waals surface area contributed by atoms with Crippen molar-refractivity contribution in [3.05, 3.63) is 59.7 Å². The Morgan fingerprint density at radius 2 is 1.84 bits per heavy atom. The highest BCUT2D eigenvalue weighted by Crippen LogP contribution is 2.28. The summed E-state index contributed by atoms with van der Waals surface area (Å²) in [5, 5.41) is 8.93. The first-order valence-corrected chi connectivity index (χ1v) is 6.26. The molecule has 0 aliphatic rings. The van der Waals surface area contributed by atoms with Gasteiger partial charge >= 0.3 is 5.97 Å². The summed E-state index contributed by atoms with van der Waals surface area (Å²) in [7, 11) is 0. The Morgan fingerprint density at radius 1 is 1.11 bits per heavy atom. The molecule has 0 aromatic heterocycles. The van der Waals surface area contributed by atoms with Crippen molar-refractivity contribution in [2.45, 2.75) is 19.8 Å². The van der Waals surface area contributed by atoms with Crippen LogP contribution >= 0.6 is 0 Å². The van der Waals surface area contributed by atoms with Crippen LogP contribution in [0.5, 0.6) is 11.5 Å². The van der Waals surface area contributed by atoms with E-state index in [9.17, 15) is 4.79 Å². The fourth-order valence-electron chi connectivity index (χ4n) is 2.05. The van der Waals surface area contributed by atoms with Gasteiger partial charge in [0.15, 0.2) is 0 Å². The number of carboxylic acid groups (broad SMARTS) is 1. The van der Waals surface area contributed by atoms with Crippen molar-refractivity contribution >= 4 is 5.97 Å². The Bertz CT molecular complexity index is 561. The zero-order chi connectivity index (χ0) is 13.7. The van der Waals surface area contributed by atoms with Gasteiger partial charge in [-0.1, -0.05) is 37.3 Å². The van der Waals surface area contributed by atoms with Crippen molar-refractivity contribution in [2.75, 3.05) is 0 Å². The number of aliphatic carboxylic acids is 1. The molecule has 0 atom stereocenters. The third-order valence-electron chi connectivity index (χ3n) is 2.90. The topological polar surface area (TPSA) is 46.5 Å². The lowest BCUT2D eigenvalue weighted by Crippen LogP contribution is -2.04. The Hall–Kier alpha value is -2.29. The maximum atomic E-state index is 10.9. The van der Waals surface area contributed by atoms with E-state index in [0.29, 0.717) is 0 Å². The van der Waals surface area contributed by atoms with Crippen LogP contribution in [0, 0.1) is 0 Å². The van der Waals surface area contributed by atoms with E-state index in [0.717, 1.165) is 29.0 Å². The van der Waals surface area contributed by atoms with Gasteiger partial charge < -0.3 is 9.84 Å². The maximum absolute atomic E-state index is 10.9. The fourth-order valence-corrected chi connectivity index (χ4v) is 2.05. The summed E-state index contributed by atoms with van der Waals surface area (Å²) < 4.78 is 5.83. The first kappa shape index (κ1) is 13.1. The zero-order valence-electron chi connectivity index (χ0n) is 10.8. The summed E-state index contributed by atoms with van der Waals surface area (Å²) in [4.78, 5) is 10.9. The molecular formula is C16H16O3. The summed E-state index contributed by atoms with van der Waals surface area (Å²) >= 11 is 0. The predicted molar refractivity (Wildman–Crippen MR) is 73.7 cm³/mol. The predicted octanol–water partition coefficient (Wildman–Crippen LogP) is 3.67. The molecule has 0 saturated carbocycles. The Morgan fingerprint density at radius 3 is 2.47 bits per heavy atom. The maximum Gasteiger partial charge on any atom is 0.307 e. The second-order valence-electron chi connectivity index (χ2n) is 4.23. The minimum Gasteiger partial charge on any atom is -0.481 e. The van der Waals surface area contributed by atoms with Crippen molar-refractivity contribution in [3.8, 4) is 11.5 Å². The van der Waals surface area contributed by atoms with Crippen molar-refractivity contribution in [3.63, 3.8) is 0 Å². The molecule has 1 N–H and O–H groups in total. The first-order chi connectivity index (χ1) is 9.20. The van der Waals surface area contributed by atoms with E-state index in [-0.39, 0.29) is 6.42 Å². The lowest BCUT2D eigenvalue weighted by molar-refractivity contribution is -0.136. The van der Waals surface area contributed by atoms with Crippen LogP contribution < -0.4 is 4.74 Å². The lowest BCUT2D eigenvalue weighted by atomic mass is 10.0. The molecule has 0 bridgehead atoms. The highest BCUT2D eigenvalue weighted by Gasteiger charge is 2.11. The molecule has 98 valence electrons. The standard InChI is InChI=1S/C16H16O3/c1-2-14-12(11-16(17)18)7-6-10-15(14)19-13-8-4-3-5-9-13/h3-10H,2,11H2,1H3,(H,17,18). The van der Waals surface area contributed by atoms with Crippen LogP contribution in [0.4, 0.5) is 0 Å². The molecule has 0 aliphatic heterocycles. The molecule has 2 aromatic carbocycles. The highest BCUT2D eigenvalue weighted by molar-refractivity contribution is 5.71. The zero-order valence-corrected chi connectivity index (χ0v) is 10.8. The number of carboxylic acids is 1. The SMILES string of the molecule is CCc1c(CC(=O)O)cccc1Oc1ccccc1. The monoisotopic (exact) mass is 256 g/mol. The molecule has 0 heterocycles.